The van der Waals surface area contributed by atoms with Gasteiger partial charge in [0.25, 0.3) is 10.0 Å². The van der Waals surface area contributed by atoms with Crippen molar-refractivity contribution in [2.75, 3.05) is 11.8 Å². The molecule has 21 heavy (non-hydrogen) atoms. The van der Waals surface area contributed by atoms with Gasteiger partial charge in [0.15, 0.2) is 0 Å². The maximum Gasteiger partial charge on any atom is 0.263 e. The Morgan fingerprint density at radius 3 is 2.62 bits per heavy atom. The second-order valence-electron chi connectivity index (χ2n) is 4.66. The van der Waals surface area contributed by atoms with Crippen LogP contribution in [0.4, 0.5) is 5.82 Å². The Kier molecular flexibility index (Phi) is 4.58. The van der Waals surface area contributed by atoms with E-state index in [1.54, 1.807) is 23.0 Å². The van der Waals surface area contributed by atoms with E-state index in [2.05, 4.69) is 25.8 Å². The van der Waals surface area contributed by atoms with Crippen LogP contribution in [0.1, 0.15) is 19.9 Å². The lowest BCUT2D eigenvalue weighted by Gasteiger charge is -2.13. The van der Waals surface area contributed by atoms with E-state index in [1.807, 2.05) is 13.8 Å². The summed E-state index contributed by atoms with van der Waals surface area (Å²) in [4.78, 5) is 0.145. The van der Waals surface area contributed by atoms with Gasteiger partial charge in [-0.15, -0.1) is 0 Å². The normalized spacial score (nSPS) is 11.7. The molecule has 0 unspecified atom stereocenters. The van der Waals surface area contributed by atoms with E-state index in [0.717, 1.165) is 0 Å². The number of methoxy groups -OCH3 is 1. The van der Waals surface area contributed by atoms with Crippen molar-refractivity contribution in [3.8, 4) is 5.75 Å². The van der Waals surface area contributed by atoms with Crippen LogP contribution >= 0.6 is 15.9 Å². The lowest BCUT2D eigenvalue weighted by Crippen LogP contribution is -2.17. The topological polar surface area (TPSA) is 73.2 Å². The third kappa shape index (κ3) is 3.38. The van der Waals surface area contributed by atoms with E-state index in [0.29, 0.717) is 16.0 Å². The van der Waals surface area contributed by atoms with Crippen molar-refractivity contribution in [2.45, 2.75) is 24.8 Å². The third-order valence-corrected chi connectivity index (χ3v) is 4.80. The van der Waals surface area contributed by atoms with Crippen LogP contribution in [0.2, 0.25) is 0 Å². The first-order valence-corrected chi connectivity index (χ1v) is 8.52. The first-order chi connectivity index (χ1) is 9.85. The van der Waals surface area contributed by atoms with Gasteiger partial charge in [0.1, 0.15) is 11.6 Å². The van der Waals surface area contributed by atoms with E-state index < -0.39 is 10.0 Å². The number of hydrogen-bond donors (Lipinski definition) is 1. The van der Waals surface area contributed by atoms with Crippen LogP contribution in [0.3, 0.4) is 0 Å². The standard InChI is InChI=1S/C13H16BrN3O3S/c1-9(2)17-13(6-7-15-17)16-21(18,19)10-4-5-12(20-3)11(14)8-10/h4-9,16H,1-3H3. The number of anilines is 1. The third-order valence-electron chi connectivity index (χ3n) is 2.83. The fourth-order valence-electron chi connectivity index (χ4n) is 1.82. The number of ether oxygens (including phenoxy) is 1. The van der Waals surface area contributed by atoms with Gasteiger partial charge in [0, 0.05) is 12.1 Å². The van der Waals surface area contributed by atoms with Gasteiger partial charge in [-0.3, -0.25) is 4.72 Å². The minimum absolute atomic E-state index is 0.0558. The predicted molar refractivity (Wildman–Crippen MR) is 84.1 cm³/mol. The molecule has 114 valence electrons. The van der Waals surface area contributed by atoms with Gasteiger partial charge < -0.3 is 4.74 Å². The first kappa shape index (κ1) is 15.8. The molecule has 0 aliphatic heterocycles. The van der Waals surface area contributed by atoms with E-state index in [4.69, 9.17) is 4.74 Å². The summed E-state index contributed by atoms with van der Waals surface area (Å²) in [5.41, 5.74) is 0. The largest absolute Gasteiger partial charge is 0.496 e. The second-order valence-corrected chi connectivity index (χ2v) is 7.19. The molecule has 0 radical (unpaired) electrons. The Morgan fingerprint density at radius 1 is 1.33 bits per heavy atom. The maximum atomic E-state index is 12.4. The van der Waals surface area contributed by atoms with E-state index >= 15 is 0 Å². The summed E-state index contributed by atoms with van der Waals surface area (Å²) in [7, 11) is -2.16. The summed E-state index contributed by atoms with van der Waals surface area (Å²) >= 11 is 3.28. The van der Waals surface area contributed by atoms with Crippen LogP contribution in [-0.4, -0.2) is 25.3 Å². The number of sulfonamides is 1. The van der Waals surface area contributed by atoms with Crippen LogP contribution in [0, 0.1) is 0 Å². The Labute approximate surface area is 132 Å². The zero-order valence-corrected chi connectivity index (χ0v) is 14.3. The van der Waals surface area contributed by atoms with Gasteiger partial charge in [0.2, 0.25) is 0 Å². The summed E-state index contributed by atoms with van der Waals surface area (Å²) in [6.07, 6.45) is 1.56. The molecule has 1 heterocycles. The highest BCUT2D eigenvalue weighted by Crippen LogP contribution is 2.28. The molecule has 1 aromatic carbocycles. The van der Waals surface area contributed by atoms with Gasteiger partial charge in [0.05, 0.1) is 22.7 Å². The van der Waals surface area contributed by atoms with Crippen LogP contribution in [-0.2, 0) is 10.0 Å². The zero-order chi connectivity index (χ0) is 15.6. The molecule has 0 atom stereocenters. The molecule has 8 heteroatoms. The number of aromatic nitrogens is 2. The molecule has 1 N–H and O–H groups in total. The summed E-state index contributed by atoms with van der Waals surface area (Å²) in [5.74, 6) is 0.998. The molecular weight excluding hydrogens is 358 g/mol. The molecule has 0 amide bonds. The Hall–Kier alpha value is -1.54. The molecule has 0 aliphatic rings. The number of rotatable bonds is 5. The van der Waals surface area contributed by atoms with E-state index in [9.17, 15) is 8.42 Å². The SMILES string of the molecule is COc1ccc(S(=O)(=O)Nc2ccnn2C(C)C)cc1Br. The van der Waals surface area contributed by atoms with Gasteiger partial charge in [-0.1, -0.05) is 0 Å². The molecule has 0 aliphatic carbocycles. The van der Waals surface area contributed by atoms with E-state index in [1.165, 1.54) is 19.2 Å². The molecule has 0 bridgehead atoms. The van der Waals surface area contributed by atoms with Crippen LogP contribution in [0.25, 0.3) is 0 Å². The number of nitrogens with zero attached hydrogens (tertiary/aromatic N) is 2. The molecule has 0 saturated heterocycles. The average molecular weight is 374 g/mol. The first-order valence-electron chi connectivity index (χ1n) is 6.25. The average Bonchev–Trinajstić information content (AvgIpc) is 2.86. The van der Waals surface area contributed by atoms with Crippen molar-refractivity contribution in [1.82, 2.24) is 9.78 Å². The minimum Gasteiger partial charge on any atom is -0.496 e. The number of benzene rings is 1. The Morgan fingerprint density at radius 2 is 2.05 bits per heavy atom. The quantitative estimate of drug-likeness (QED) is 0.873. The molecule has 0 fully saturated rings. The van der Waals surface area contributed by atoms with Crippen molar-refractivity contribution in [3.63, 3.8) is 0 Å². The maximum absolute atomic E-state index is 12.4. The summed E-state index contributed by atoms with van der Waals surface area (Å²) in [6.45, 7) is 3.85. The molecule has 6 nitrogen and oxygen atoms in total. The Bertz CT molecular complexity index is 741. The van der Waals surface area contributed by atoms with Crippen LogP contribution in [0.15, 0.2) is 39.8 Å². The molecule has 2 rings (SSSR count). The van der Waals surface area contributed by atoms with Gasteiger partial charge in [-0.05, 0) is 48.0 Å². The van der Waals surface area contributed by atoms with Gasteiger partial charge in [-0.25, -0.2) is 13.1 Å². The smallest absolute Gasteiger partial charge is 0.263 e. The summed E-state index contributed by atoms with van der Waals surface area (Å²) in [5, 5.41) is 4.10. The highest BCUT2D eigenvalue weighted by atomic mass is 79.9. The van der Waals surface area contributed by atoms with Gasteiger partial charge >= 0.3 is 0 Å². The van der Waals surface area contributed by atoms with Crippen molar-refractivity contribution in [1.29, 1.82) is 0 Å². The van der Waals surface area contributed by atoms with Crippen molar-refractivity contribution in [3.05, 3.63) is 34.9 Å². The lowest BCUT2D eigenvalue weighted by molar-refractivity contribution is 0.411. The molecule has 0 spiro atoms. The number of nitrogens with one attached hydrogen (secondary N) is 1. The van der Waals surface area contributed by atoms with Crippen molar-refractivity contribution >= 4 is 31.8 Å². The van der Waals surface area contributed by atoms with Crippen LogP contribution in [0.5, 0.6) is 5.75 Å². The van der Waals surface area contributed by atoms with Crippen molar-refractivity contribution < 1.29 is 13.2 Å². The minimum atomic E-state index is -3.68. The van der Waals surface area contributed by atoms with Crippen LogP contribution < -0.4 is 9.46 Å². The van der Waals surface area contributed by atoms with E-state index in [-0.39, 0.29) is 10.9 Å². The highest BCUT2D eigenvalue weighted by molar-refractivity contribution is 9.10. The second kappa shape index (κ2) is 6.07. The zero-order valence-electron chi connectivity index (χ0n) is 11.9. The fraction of sp³-hybridized carbons (Fsp3) is 0.308. The molecule has 0 saturated carbocycles. The fourth-order valence-corrected chi connectivity index (χ4v) is 3.58. The van der Waals surface area contributed by atoms with Gasteiger partial charge in [-0.2, -0.15) is 5.10 Å². The molecule has 2 aromatic rings. The number of hydrogen-bond acceptors (Lipinski definition) is 4. The predicted octanol–water partition coefficient (Wildman–Crippen LogP) is 3.04. The number of halogens is 1. The summed E-state index contributed by atoms with van der Waals surface area (Å²) < 4.78 is 34.6. The van der Waals surface area contributed by atoms with Crippen molar-refractivity contribution in [2.24, 2.45) is 0 Å². The molecule has 1 aromatic heterocycles. The monoisotopic (exact) mass is 373 g/mol. The lowest BCUT2D eigenvalue weighted by atomic mass is 10.3. The Balaban J connectivity index is 2.34. The summed E-state index contributed by atoms with van der Waals surface area (Å²) in [6, 6.07) is 6.26. The molecular formula is C13H16BrN3O3S. The highest BCUT2D eigenvalue weighted by Gasteiger charge is 2.18.